The molecule has 0 rings (SSSR count). The number of aliphatic hydroxyl groups is 1. The summed E-state index contributed by atoms with van der Waals surface area (Å²) in [6, 6.07) is -1.40. The van der Waals surface area contributed by atoms with E-state index in [9.17, 15) is 19.2 Å². The van der Waals surface area contributed by atoms with Crippen LogP contribution >= 0.6 is 0 Å². The number of hydrogen-bond donors (Lipinski definition) is 4. The van der Waals surface area contributed by atoms with Gasteiger partial charge in [0.25, 0.3) is 0 Å². The second kappa shape index (κ2) is 40.2. The summed E-state index contributed by atoms with van der Waals surface area (Å²) in [4.78, 5) is 47.2. The molecule has 4 N–H and O–H groups in total. The van der Waals surface area contributed by atoms with Crippen LogP contribution in [0.15, 0.2) is 109 Å². The molecule has 0 aromatic carbocycles. The minimum atomic E-state index is -1.40. The second-order valence-corrected chi connectivity index (χ2v) is 13.3. The first-order valence-corrected chi connectivity index (χ1v) is 20.8. The Balaban J connectivity index is 4.20. The fourth-order valence-corrected chi connectivity index (χ4v) is 5.09. The molecule has 0 spiro atoms. The topological polar surface area (TPSA) is 142 Å². The van der Waals surface area contributed by atoms with Crippen LogP contribution in [0.3, 0.4) is 0 Å². The van der Waals surface area contributed by atoms with Crippen LogP contribution in [0.4, 0.5) is 0 Å². The number of amides is 2. The fraction of sp³-hybridized carbons (Fsp3) is 0.532. The highest BCUT2D eigenvalue weighted by atomic mass is 16.5. The largest absolute Gasteiger partial charge is 0.480 e. The summed E-state index contributed by atoms with van der Waals surface area (Å²) >= 11 is 0. The van der Waals surface area contributed by atoms with Crippen LogP contribution in [0, 0.1) is 0 Å². The molecule has 9 nitrogen and oxygen atoms in total. The Labute approximate surface area is 338 Å². The van der Waals surface area contributed by atoms with Crippen molar-refractivity contribution in [2.75, 3.05) is 13.2 Å². The van der Waals surface area contributed by atoms with Crippen LogP contribution in [0.5, 0.6) is 0 Å². The smallest absolute Gasteiger partial charge is 0.328 e. The first kappa shape index (κ1) is 51.5. The molecule has 2 unspecified atom stereocenters. The first-order chi connectivity index (χ1) is 27.3. The van der Waals surface area contributed by atoms with Crippen molar-refractivity contribution in [2.24, 2.45) is 0 Å². The van der Waals surface area contributed by atoms with Gasteiger partial charge < -0.3 is 25.6 Å². The van der Waals surface area contributed by atoms with Gasteiger partial charge in [-0.3, -0.25) is 14.4 Å². The average molecular weight is 777 g/mol. The minimum absolute atomic E-state index is 0.195. The summed E-state index contributed by atoms with van der Waals surface area (Å²) in [5.74, 6) is -2.52. The van der Waals surface area contributed by atoms with E-state index < -0.39 is 30.6 Å². The fourth-order valence-electron chi connectivity index (χ4n) is 5.09. The standard InChI is InChI=1S/C47H72N2O7/c1-3-5-7-9-10-11-12-13-14-15-16-17-18-19-20-21-22-23-24-25-26-31-35-39-46(53)56-42(36-32-28-8-6-4-2)37-33-29-27-30-34-38-44(51)48-40-45(52)49-43(41-50)47(54)55/h5-8,10-11,13-14,16-17,19-20,22-23,32-33,36-37,42-43,50H,3-4,9,12,15,18,21,24-31,34-35,38-41H2,1-2H3,(H,48,51)(H,49,52)(H,54,55)/b7-5-,8-6-,11-10-,14-13-,17-16-,20-19-,23-22-,36-32-,37-33-. The van der Waals surface area contributed by atoms with E-state index in [4.69, 9.17) is 14.9 Å². The number of rotatable bonds is 35. The number of hydrogen-bond acceptors (Lipinski definition) is 6. The van der Waals surface area contributed by atoms with Crippen molar-refractivity contribution in [1.29, 1.82) is 0 Å². The summed E-state index contributed by atoms with van der Waals surface area (Å²) in [5.41, 5.74) is 0. The molecule has 56 heavy (non-hydrogen) atoms. The number of carbonyl (C=O) groups excluding carboxylic acids is 3. The van der Waals surface area contributed by atoms with Crippen LogP contribution in [0.25, 0.3) is 0 Å². The normalized spacial score (nSPS) is 13.6. The molecule has 2 amide bonds. The van der Waals surface area contributed by atoms with E-state index in [0.717, 1.165) is 103 Å². The highest BCUT2D eigenvalue weighted by molar-refractivity contribution is 5.87. The van der Waals surface area contributed by atoms with E-state index in [-0.39, 0.29) is 24.8 Å². The molecule has 312 valence electrons. The first-order valence-electron chi connectivity index (χ1n) is 20.8. The van der Waals surface area contributed by atoms with Gasteiger partial charge >= 0.3 is 11.9 Å². The lowest BCUT2D eigenvalue weighted by Gasteiger charge is -2.12. The number of aliphatic carboxylic acids is 1. The maximum atomic E-state index is 12.6. The Morgan fingerprint density at radius 1 is 0.536 bits per heavy atom. The van der Waals surface area contributed by atoms with E-state index in [1.54, 1.807) is 0 Å². The molecule has 0 aromatic rings. The van der Waals surface area contributed by atoms with Gasteiger partial charge in [-0.1, -0.05) is 130 Å². The molecule has 0 radical (unpaired) electrons. The predicted molar refractivity (Wildman–Crippen MR) is 231 cm³/mol. The monoisotopic (exact) mass is 777 g/mol. The third-order valence-corrected chi connectivity index (χ3v) is 8.23. The number of esters is 1. The van der Waals surface area contributed by atoms with Gasteiger partial charge in [0.1, 0.15) is 12.1 Å². The van der Waals surface area contributed by atoms with Crippen molar-refractivity contribution in [2.45, 2.75) is 148 Å². The SMILES string of the molecule is CC/C=C\C/C=C\C/C=C\C/C=C\C/C=C\C/C=C\CCCCCCC(=O)OC(/C=C\C/C=C\CC)/C=C\CCCCCC(=O)NCC(=O)NC(CO)C(=O)O. The van der Waals surface area contributed by atoms with E-state index in [2.05, 4.69) is 110 Å². The van der Waals surface area contributed by atoms with Gasteiger partial charge in [-0.05, 0) is 102 Å². The number of nitrogens with one attached hydrogen (secondary N) is 2. The van der Waals surface area contributed by atoms with Gasteiger partial charge in [0, 0.05) is 12.8 Å². The lowest BCUT2D eigenvalue weighted by Crippen LogP contribution is -2.47. The molecule has 0 aliphatic rings. The molecule has 9 heteroatoms. The number of carboxylic acid groups (broad SMARTS) is 1. The Hall–Kier alpha value is -4.50. The lowest BCUT2D eigenvalue weighted by molar-refractivity contribution is -0.145. The summed E-state index contributed by atoms with van der Waals surface area (Å²) in [6.07, 6.45) is 54.7. The van der Waals surface area contributed by atoms with Gasteiger partial charge in [-0.15, -0.1) is 0 Å². The van der Waals surface area contributed by atoms with Crippen molar-refractivity contribution >= 4 is 23.8 Å². The third-order valence-electron chi connectivity index (χ3n) is 8.23. The van der Waals surface area contributed by atoms with Crippen molar-refractivity contribution in [1.82, 2.24) is 10.6 Å². The van der Waals surface area contributed by atoms with E-state index in [1.165, 1.54) is 0 Å². The number of ether oxygens (including phenoxy) is 1. The van der Waals surface area contributed by atoms with Crippen molar-refractivity contribution < 1.29 is 34.1 Å². The highest BCUT2D eigenvalue weighted by Crippen LogP contribution is 2.11. The van der Waals surface area contributed by atoms with Gasteiger partial charge in [-0.25, -0.2) is 4.79 Å². The Kier molecular flexibility index (Phi) is 36.9. The molecular formula is C47H72N2O7. The van der Waals surface area contributed by atoms with Crippen LogP contribution in [-0.4, -0.2) is 59.3 Å². The Morgan fingerprint density at radius 3 is 1.52 bits per heavy atom. The molecule has 0 aliphatic carbocycles. The molecule has 0 saturated carbocycles. The second-order valence-electron chi connectivity index (χ2n) is 13.3. The summed E-state index contributed by atoms with van der Waals surface area (Å²) < 4.78 is 5.76. The Morgan fingerprint density at radius 2 is 0.982 bits per heavy atom. The summed E-state index contributed by atoms with van der Waals surface area (Å²) in [7, 11) is 0. The molecule has 2 atom stereocenters. The van der Waals surface area contributed by atoms with Crippen LogP contribution < -0.4 is 10.6 Å². The van der Waals surface area contributed by atoms with Crippen LogP contribution in [0.2, 0.25) is 0 Å². The molecule has 0 saturated heterocycles. The highest BCUT2D eigenvalue weighted by Gasteiger charge is 2.18. The molecule has 0 fully saturated rings. The van der Waals surface area contributed by atoms with Crippen molar-refractivity contribution in [3.63, 3.8) is 0 Å². The molecule has 0 aliphatic heterocycles. The quantitative estimate of drug-likeness (QED) is 0.0285. The van der Waals surface area contributed by atoms with Crippen LogP contribution in [-0.2, 0) is 23.9 Å². The van der Waals surface area contributed by atoms with Crippen molar-refractivity contribution in [3.8, 4) is 0 Å². The molecule has 0 bridgehead atoms. The summed E-state index contributed by atoms with van der Waals surface area (Å²) in [6.45, 7) is 3.16. The van der Waals surface area contributed by atoms with Crippen LogP contribution in [0.1, 0.15) is 136 Å². The van der Waals surface area contributed by atoms with E-state index in [1.807, 2.05) is 24.3 Å². The Bertz CT molecular complexity index is 1300. The predicted octanol–water partition coefficient (Wildman–Crippen LogP) is 10.0. The van der Waals surface area contributed by atoms with Crippen molar-refractivity contribution in [3.05, 3.63) is 109 Å². The zero-order chi connectivity index (χ0) is 41.2. The minimum Gasteiger partial charge on any atom is -0.480 e. The van der Waals surface area contributed by atoms with E-state index >= 15 is 0 Å². The zero-order valence-corrected chi connectivity index (χ0v) is 34.3. The van der Waals surface area contributed by atoms with Gasteiger partial charge in [0.2, 0.25) is 11.8 Å². The lowest BCUT2D eigenvalue weighted by atomic mass is 10.1. The number of aliphatic hydroxyl groups excluding tert-OH is 1. The molecule has 0 aromatic heterocycles. The average Bonchev–Trinajstić information content (AvgIpc) is 3.18. The third kappa shape index (κ3) is 36.5. The van der Waals surface area contributed by atoms with E-state index in [0.29, 0.717) is 12.8 Å². The molecular weight excluding hydrogens is 705 g/mol. The molecule has 0 heterocycles. The zero-order valence-electron chi connectivity index (χ0n) is 34.3. The number of carbonyl (C=O) groups is 4. The number of carboxylic acids is 1. The van der Waals surface area contributed by atoms with Gasteiger partial charge in [0.15, 0.2) is 0 Å². The number of unbranched alkanes of at least 4 members (excludes halogenated alkanes) is 7. The van der Waals surface area contributed by atoms with Gasteiger partial charge in [-0.2, -0.15) is 0 Å². The maximum Gasteiger partial charge on any atom is 0.328 e. The maximum absolute atomic E-state index is 12.6. The summed E-state index contributed by atoms with van der Waals surface area (Å²) in [5, 5.41) is 22.4. The van der Waals surface area contributed by atoms with Gasteiger partial charge in [0.05, 0.1) is 13.2 Å². The number of allylic oxidation sites excluding steroid dienone is 16.